The Morgan fingerprint density at radius 1 is 1.42 bits per heavy atom. The van der Waals surface area contributed by atoms with Gasteiger partial charge in [-0.15, -0.1) is 11.3 Å². The Morgan fingerprint density at radius 3 is 2.53 bits per heavy atom. The minimum absolute atomic E-state index is 0.0594. The van der Waals surface area contributed by atoms with Crippen LogP contribution in [0.2, 0.25) is 0 Å². The van der Waals surface area contributed by atoms with E-state index in [1.807, 2.05) is 0 Å². The van der Waals surface area contributed by atoms with E-state index >= 15 is 0 Å². The van der Waals surface area contributed by atoms with Gasteiger partial charge in [-0.1, -0.05) is 0 Å². The molecule has 1 rings (SSSR count). The number of carboxylic acids is 1. The van der Waals surface area contributed by atoms with E-state index in [9.17, 15) is 18.0 Å². The maximum absolute atomic E-state index is 11.9. The van der Waals surface area contributed by atoms with Crippen molar-refractivity contribution in [1.29, 1.82) is 0 Å². The predicted octanol–water partition coefficient (Wildman–Crippen LogP) is 0.169. The molecule has 3 N–H and O–H groups in total. The Morgan fingerprint density at radius 2 is 2.05 bits per heavy atom. The highest BCUT2D eigenvalue weighted by Gasteiger charge is 2.22. The SMILES string of the molecule is CCNC(=O)CNS(=O)(=O)c1cc(C(=O)O)sc1C. The molecule has 0 spiro atoms. The predicted molar refractivity (Wildman–Crippen MR) is 69.9 cm³/mol. The van der Waals surface area contributed by atoms with Gasteiger partial charge in [-0.3, -0.25) is 4.79 Å². The molecule has 0 atom stereocenters. The monoisotopic (exact) mass is 306 g/mol. The molecule has 0 unspecified atom stereocenters. The summed E-state index contributed by atoms with van der Waals surface area (Å²) in [6, 6.07) is 1.09. The van der Waals surface area contributed by atoms with Gasteiger partial charge in [0.25, 0.3) is 0 Å². The van der Waals surface area contributed by atoms with Crippen molar-refractivity contribution in [3.63, 3.8) is 0 Å². The van der Waals surface area contributed by atoms with E-state index in [-0.39, 0.29) is 16.3 Å². The third-order valence-electron chi connectivity index (χ3n) is 2.17. The number of nitrogens with one attached hydrogen (secondary N) is 2. The summed E-state index contributed by atoms with van der Waals surface area (Å²) in [4.78, 5) is 22.2. The number of likely N-dealkylation sites (N-methyl/N-ethyl adjacent to an activating group) is 1. The number of hydrogen-bond donors (Lipinski definition) is 3. The van der Waals surface area contributed by atoms with E-state index in [1.54, 1.807) is 6.92 Å². The second-order valence-corrected chi connectivity index (χ2v) is 6.61. The Labute approximate surface area is 114 Å². The number of rotatable bonds is 6. The Balaban J connectivity index is 2.89. The molecule has 0 bridgehead atoms. The van der Waals surface area contributed by atoms with Crippen molar-refractivity contribution in [2.45, 2.75) is 18.7 Å². The molecule has 7 nitrogen and oxygen atoms in total. The molecule has 1 aromatic heterocycles. The molecule has 0 fully saturated rings. The van der Waals surface area contributed by atoms with Crippen molar-refractivity contribution in [2.24, 2.45) is 0 Å². The van der Waals surface area contributed by atoms with Gasteiger partial charge >= 0.3 is 5.97 Å². The number of hydrogen-bond acceptors (Lipinski definition) is 5. The zero-order chi connectivity index (χ0) is 14.6. The highest BCUT2D eigenvalue weighted by Crippen LogP contribution is 2.25. The van der Waals surface area contributed by atoms with E-state index in [2.05, 4.69) is 10.0 Å². The van der Waals surface area contributed by atoms with Crippen molar-refractivity contribution in [2.75, 3.05) is 13.1 Å². The first-order chi connectivity index (χ1) is 8.77. The molecule has 0 radical (unpaired) electrons. The van der Waals surface area contributed by atoms with Crippen LogP contribution < -0.4 is 10.0 Å². The Bertz CT molecular complexity index is 591. The van der Waals surface area contributed by atoms with Gasteiger partial charge in [0.2, 0.25) is 15.9 Å². The topological polar surface area (TPSA) is 113 Å². The van der Waals surface area contributed by atoms with Gasteiger partial charge in [0.05, 0.1) is 11.4 Å². The molecule has 0 aliphatic rings. The van der Waals surface area contributed by atoms with Crippen LogP contribution >= 0.6 is 11.3 Å². The lowest BCUT2D eigenvalue weighted by Gasteiger charge is -2.05. The van der Waals surface area contributed by atoms with E-state index in [4.69, 9.17) is 5.11 Å². The minimum atomic E-state index is -3.88. The van der Waals surface area contributed by atoms with Crippen molar-refractivity contribution in [1.82, 2.24) is 10.0 Å². The number of carbonyl (C=O) groups is 2. The first-order valence-electron chi connectivity index (χ1n) is 5.38. The molecule has 19 heavy (non-hydrogen) atoms. The van der Waals surface area contributed by atoms with Crippen molar-refractivity contribution < 1.29 is 23.1 Å². The van der Waals surface area contributed by atoms with E-state index in [0.29, 0.717) is 11.4 Å². The fourth-order valence-electron chi connectivity index (χ4n) is 1.34. The fraction of sp³-hybridized carbons (Fsp3) is 0.400. The molecule has 0 saturated heterocycles. The van der Waals surface area contributed by atoms with Crippen LogP contribution in [0, 0.1) is 6.92 Å². The van der Waals surface area contributed by atoms with Crippen LogP contribution in [0.25, 0.3) is 0 Å². The molecule has 9 heteroatoms. The quantitative estimate of drug-likeness (QED) is 0.693. The molecular weight excluding hydrogens is 292 g/mol. The van der Waals surface area contributed by atoms with Crippen LogP contribution in [-0.2, 0) is 14.8 Å². The van der Waals surface area contributed by atoms with Crippen molar-refractivity contribution in [3.05, 3.63) is 15.8 Å². The van der Waals surface area contributed by atoms with Crippen molar-refractivity contribution in [3.8, 4) is 0 Å². The largest absolute Gasteiger partial charge is 0.477 e. The van der Waals surface area contributed by atoms with Gasteiger partial charge in [-0.25, -0.2) is 17.9 Å². The summed E-state index contributed by atoms with van der Waals surface area (Å²) in [6.07, 6.45) is 0. The number of carbonyl (C=O) groups excluding carboxylic acids is 1. The van der Waals surface area contributed by atoms with Crippen LogP contribution in [0.1, 0.15) is 21.5 Å². The first-order valence-corrected chi connectivity index (χ1v) is 7.68. The molecule has 106 valence electrons. The zero-order valence-electron chi connectivity index (χ0n) is 10.4. The third-order valence-corrected chi connectivity index (χ3v) is 4.86. The van der Waals surface area contributed by atoms with Gasteiger partial charge in [0.1, 0.15) is 4.88 Å². The summed E-state index contributed by atoms with van der Waals surface area (Å²) in [6.45, 7) is 3.25. The summed E-state index contributed by atoms with van der Waals surface area (Å²) >= 11 is 0.875. The molecule has 1 amide bonds. The summed E-state index contributed by atoms with van der Waals surface area (Å²) < 4.78 is 26.0. The van der Waals surface area contributed by atoms with Crippen LogP contribution in [-0.4, -0.2) is 38.5 Å². The molecule has 0 saturated carbocycles. The number of aryl methyl sites for hydroxylation is 1. The average Bonchev–Trinajstić information content (AvgIpc) is 2.70. The smallest absolute Gasteiger partial charge is 0.345 e. The lowest BCUT2D eigenvalue weighted by atomic mass is 10.4. The normalized spacial score (nSPS) is 11.3. The van der Waals surface area contributed by atoms with Crippen LogP contribution in [0.5, 0.6) is 0 Å². The fourth-order valence-corrected chi connectivity index (χ4v) is 3.75. The van der Waals surface area contributed by atoms with Gasteiger partial charge in [0, 0.05) is 11.4 Å². The van der Waals surface area contributed by atoms with Crippen molar-refractivity contribution >= 4 is 33.2 Å². The molecule has 0 aliphatic heterocycles. The number of aromatic carboxylic acids is 1. The number of thiophene rings is 1. The average molecular weight is 306 g/mol. The second kappa shape index (κ2) is 6.13. The summed E-state index contributed by atoms with van der Waals surface area (Å²) in [5, 5.41) is 11.3. The maximum Gasteiger partial charge on any atom is 0.345 e. The molecule has 1 heterocycles. The molecule has 0 aromatic carbocycles. The van der Waals surface area contributed by atoms with Gasteiger partial charge in [0.15, 0.2) is 0 Å². The minimum Gasteiger partial charge on any atom is -0.477 e. The molecular formula is C10H14N2O5S2. The van der Waals surface area contributed by atoms with E-state index in [1.165, 1.54) is 6.92 Å². The molecule has 1 aromatic rings. The standard InChI is InChI=1S/C10H14N2O5S2/c1-3-11-9(13)5-12-19(16,17)8-4-7(10(14)15)18-6(8)2/h4,12H,3,5H2,1-2H3,(H,11,13)(H,14,15). The molecule has 0 aliphatic carbocycles. The van der Waals surface area contributed by atoms with E-state index in [0.717, 1.165) is 17.4 Å². The van der Waals surface area contributed by atoms with Crippen LogP contribution in [0.4, 0.5) is 0 Å². The second-order valence-electron chi connectivity index (χ2n) is 3.61. The summed E-state index contributed by atoms with van der Waals surface area (Å²) in [5.74, 6) is -1.63. The zero-order valence-corrected chi connectivity index (χ0v) is 12.0. The summed E-state index contributed by atoms with van der Waals surface area (Å²) in [5.41, 5.74) is 0. The Kier molecular flexibility index (Phi) is 5.04. The lowest BCUT2D eigenvalue weighted by Crippen LogP contribution is -2.36. The van der Waals surface area contributed by atoms with Gasteiger partial charge in [-0.2, -0.15) is 0 Å². The highest BCUT2D eigenvalue weighted by atomic mass is 32.2. The third kappa shape index (κ3) is 4.01. The number of carboxylic acid groups (broad SMARTS) is 1. The Hall–Kier alpha value is -1.45. The number of amides is 1. The van der Waals surface area contributed by atoms with Crippen LogP contribution in [0.3, 0.4) is 0 Å². The van der Waals surface area contributed by atoms with Crippen LogP contribution in [0.15, 0.2) is 11.0 Å². The first kappa shape index (κ1) is 15.6. The summed E-state index contributed by atoms with van der Waals surface area (Å²) in [7, 11) is -3.88. The van der Waals surface area contributed by atoms with Gasteiger partial charge < -0.3 is 10.4 Å². The highest BCUT2D eigenvalue weighted by molar-refractivity contribution is 7.89. The van der Waals surface area contributed by atoms with E-state index < -0.39 is 21.9 Å². The maximum atomic E-state index is 11.9. The lowest BCUT2D eigenvalue weighted by molar-refractivity contribution is -0.119. The van der Waals surface area contributed by atoms with Gasteiger partial charge in [-0.05, 0) is 19.9 Å². The number of sulfonamides is 1.